The molecule has 9 nitrogen and oxygen atoms in total. The van der Waals surface area contributed by atoms with Crippen molar-refractivity contribution in [2.45, 2.75) is 24.3 Å². The van der Waals surface area contributed by atoms with Gasteiger partial charge in [-0.05, 0) is 36.8 Å². The van der Waals surface area contributed by atoms with Crippen LogP contribution in [0.5, 0.6) is 5.75 Å². The van der Waals surface area contributed by atoms with Crippen molar-refractivity contribution in [2.24, 2.45) is 0 Å². The second-order valence-corrected chi connectivity index (χ2v) is 7.52. The van der Waals surface area contributed by atoms with Gasteiger partial charge < -0.3 is 16.2 Å². The Labute approximate surface area is 183 Å². The maximum Gasteiger partial charge on any atom is 0.225 e. The molecule has 2 aromatic carbocycles. The van der Waals surface area contributed by atoms with Gasteiger partial charge in [0.2, 0.25) is 11.9 Å². The van der Waals surface area contributed by atoms with Gasteiger partial charge in [-0.2, -0.15) is 15.0 Å². The Morgan fingerprint density at radius 1 is 0.903 bits per heavy atom. The summed E-state index contributed by atoms with van der Waals surface area (Å²) in [7, 11) is 0. The van der Waals surface area contributed by atoms with Crippen LogP contribution in [0.3, 0.4) is 0 Å². The van der Waals surface area contributed by atoms with E-state index in [1.54, 1.807) is 0 Å². The summed E-state index contributed by atoms with van der Waals surface area (Å²) < 4.78 is 7.60. The zero-order valence-corrected chi connectivity index (χ0v) is 17.8. The van der Waals surface area contributed by atoms with Crippen molar-refractivity contribution in [3.8, 4) is 11.4 Å². The number of aromatic nitrogens is 6. The van der Waals surface area contributed by atoms with E-state index in [0.29, 0.717) is 29.8 Å². The first-order valence-electron chi connectivity index (χ1n) is 9.72. The van der Waals surface area contributed by atoms with E-state index in [9.17, 15) is 0 Å². The molecule has 0 atom stereocenters. The third-order valence-corrected chi connectivity index (χ3v) is 5.28. The summed E-state index contributed by atoms with van der Waals surface area (Å²) in [6.45, 7) is 2.58. The highest BCUT2D eigenvalue weighted by Gasteiger charge is 2.16. The normalized spacial score (nSPS) is 10.9. The van der Waals surface area contributed by atoms with Crippen LogP contribution in [0.15, 0.2) is 59.8 Å². The molecule has 0 fully saturated rings. The third kappa shape index (κ3) is 5.10. The molecular weight excluding hydrogens is 412 g/mol. The molecule has 10 heteroatoms. The molecular formula is C21H22N8OS. The summed E-state index contributed by atoms with van der Waals surface area (Å²) >= 11 is 1.45. The predicted octanol–water partition coefficient (Wildman–Crippen LogP) is 2.90. The minimum Gasteiger partial charge on any atom is -0.494 e. The van der Waals surface area contributed by atoms with E-state index < -0.39 is 0 Å². The molecule has 4 N–H and O–H groups in total. The number of nitrogen functional groups attached to an aromatic ring is 2. The molecule has 0 aliphatic heterocycles. The van der Waals surface area contributed by atoms with Crippen LogP contribution in [-0.4, -0.2) is 36.3 Å². The van der Waals surface area contributed by atoms with E-state index in [0.717, 1.165) is 22.8 Å². The van der Waals surface area contributed by atoms with E-state index in [1.165, 1.54) is 11.8 Å². The lowest BCUT2D eigenvalue weighted by Crippen LogP contribution is -2.07. The van der Waals surface area contributed by atoms with Crippen LogP contribution < -0.4 is 16.2 Å². The lowest BCUT2D eigenvalue weighted by Gasteiger charge is -2.11. The van der Waals surface area contributed by atoms with Crippen LogP contribution in [0.25, 0.3) is 5.69 Å². The van der Waals surface area contributed by atoms with Crippen LogP contribution in [-0.2, 0) is 12.2 Å². The van der Waals surface area contributed by atoms with Gasteiger partial charge in [-0.15, -0.1) is 10.2 Å². The van der Waals surface area contributed by atoms with Crippen LogP contribution in [0.2, 0.25) is 0 Å². The third-order valence-electron chi connectivity index (χ3n) is 4.36. The molecule has 0 unspecified atom stereocenters. The fraction of sp³-hybridized carbons (Fsp3) is 0.190. The lowest BCUT2D eigenvalue weighted by molar-refractivity contribution is 0.340. The van der Waals surface area contributed by atoms with Crippen LogP contribution >= 0.6 is 11.8 Å². The molecule has 0 aliphatic carbocycles. The van der Waals surface area contributed by atoms with Crippen molar-refractivity contribution in [3.05, 3.63) is 71.8 Å². The molecule has 31 heavy (non-hydrogen) atoms. The van der Waals surface area contributed by atoms with Gasteiger partial charge in [0.05, 0.1) is 12.4 Å². The Hall–Kier alpha value is -3.66. The molecule has 2 aromatic heterocycles. The minimum atomic E-state index is 0.0980. The largest absolute Gasteiger partial charge is 0.494 e. The van der Waals surface area contributed by atoms with Gasteiger partial charge in [0.15, 0.2) is 5.16 Å². The highest BCUT2D eigenvalue weighted by molar-refractivity contribution is 7.98. The van der Waals surface area contributed by atoms with Gasteiger partial charge in [0, 0.05) is 12.1 Å². The monoisotopic (exact) mass is 434 g/mol. The highest BCUT2D eigenvalue weighted by atomic mass is 32.2. The topological polar surface area (TPSA) is 131 Å². The van der Waals surface area contributed by atoms with E-state index >= 15 is 0 Å². The Morgan fingerprint density at radius 2 is 1.61 bits per heavy atom. The maximum atomic E-state index is 5.68. The number of hydrogen-bond acceptors (Lipinski definition) is 9. The second-order valence-electron chi connectivity index (χ2n) is 6.58. The molecule has 0 radical (unpaired) electrons. The van der Waals surface area contributed by atoms with Gasteiger partial charge in [-0.1, -0.05) is 42.1 Å². The smallest absolute Gasteiger partial charge is 0.225 e. The molecule has 0 aliphatic rings. The average Bonchev–Trinajstić information content (AvgIpc) is 3.15. The fourth-order valence-electron chi connectivity index (χ4n) is 3.05. The van der Waals surface area contributed by atoms with Gasteiger partial charge in [-0.3, -0.25) is 4.57 Å². The average molecular weight is 435 g/mol. The Bertz CT molecular complexity index is 1130. The van der Waals surface area contributed by atoms with Gasteiger partial charge in [-0.25, -0.2) is 0 Å². The summed E-state index contributed by atoms with van der Waals surface area (Å²) in [6, 6.07) is 18.0. The first kappa shape index (κ1) is 20.6. The summed E-state index contributed by atoms with van der Waals surface area (Å²) in [5.41, 5.74) is 13.5. The molecule has 2 heterocycles. The van der Waals surface area contributed by atoms with Crippen LogP contribution in [0, 0.1) is 0 Å². The minimum absolute atomic E-state index is 0.0980. The quantitative estimate of drug-likeness (QED) is 0.402. The number of benzene rings is 2. The van der Waals surface area contributed by atoms with Gasteiger partial charge >= 0.3 is 0 Å². The number of nitrogens with zero attached hydrogens (tertiary/aromatic N) is 6. The molecule has 0 saturated carbocycles. The first-order chi connectivity index (χ1) is 15.1. The predicted molar refractivity (Wildman–Crippen MR) is 120 cm³/mol. The van der Waals surface area contributed by atoms with E-state index in [2.05, 4.69) is 37.3 Å². The van der Waals surface area contributed by atoms with Crippen molar-refractivity contribution in [3.63, 3.8) is 0 Å². The highest BCUT2D eigenvalue weighted by Crippen LogP contribution is 2.27. The molecule has 0 saturated heterocycles. The van der Waals surface area contributed by atoms with Crippen molar-refractivity contribution < 1.29 is 4.74 Å². The van der Waals surface area contributed by atoms with Crippen LogP contribution in [0.1, 0.15) is 24.1 Å². The maximum absolute atomic E-state index is 5.68. The summed E-state index contributed by atoms with van der Waals surface area (Å²) in [5, 5.41) is 9.59. The fourth-order valence-corrected chi connectivity index (χ4v) is 3.88. The lowest BCUT2D eigenvalue weighted by atomic mass is 10.1. The summed E-state index contributed by atoms with van der Waals surface area (Å²) in [4.78, 5) is 12.1. The molecule has 158 valence electrons. The van der Waals surface area contributed by atoms with Crippen molar-refractivity contribution in [2.75, 3.05) is 18.1 Å². The molecule has 0 amide bonds. The number of hydrogen-bond donors (Lipinski definition) is 2. The molecule has 4 rings (SSSR count). The molecule has 0 spiro atoms. The Balaban J connectivity index is 1.65. The van der Waals surface area contributed by atoms with E-state index in [-0.39, 0.29) is 11.9 Å². The number of ether oxygens (including phenoxy) is 1. The van der Waals surface area contributed by atoms with Crippen LogP contribution in [0.4, 0.5) is 11.9 Å². The van der Waals surface area contributed by atoms with Crippen molar-refractivity contribution >= 4 is 23.7 Å². The SMILES string of the molecule is CCOc1ccc(-n2c(Cc3ccccc3)nnc2SCc2nc(N)nc(N)n2)cc1. The zero-order valence-electron chi connectivity index (χ0n) is 17.0. The van der Waals surface area contributed by atoms with E-state index in [4.69, 9.17) is 16.2 Å². The van der Waals surface area contributed by atoms with Gasteiger partial charge in [0.25, 0.3) is 0 Å². The van der Waals surface area contributed by atoms with Gasteiger partial charge in [0.1, 0.15) is 17.4 Å². The Morgan fingerprint density at radius 3 is 2.29 bits per heavy atom. The van der Waals surface area contributed by atoms with Crippen molar-refractivity contribution in [1.82, 2.24) is 29.7 Å². The molecule has 0 bridgehead atoms. The molecule has 4 aromatic rings. The standard InChI is InChI=1S/C21H22N8OS/c1-2-30-16-10-8-15(9-11-16)29-18(12-14-6-4-3-5-7-14)27-28-21(29)31-13-17-24-19(22)26-20(23)25-17/h3-11H,2,12-13H2,1H3,(H4,22,23,24,25,26). The van der Waals surface area contributed by atoms with Crippen molar-refractivity contribution in [1.29, 1.82) is 0 Å². The Kier molecular flexibility index (Phi) is 6.27. The number of rotatable bonds is 8. The summed E-state index contributed by atoms with van der Waals surface area (Å²) in [6.07, 6.45) is 0.646. The number of nitrogens with two attached hydrogens (primary N) is 2. The number of thioether (sulfide) groups is 1. The second kappa shape index (κ2) is 9.43. The first-order valence-corrected chi connectivity index (χ1v) is 10.7. The number of anilines is 2. The zero-order chi connectivity index (χ0) is 21.6. The summed E-state index contributed by atoms with van der Waals surface area (Å²) in [5.74, 6) is 2.75. The van der Waals surface area contributed by atoms with E-state index in [1.807, 2.05) is 54.0 Å².